The molecular weight excluding hydrogens is 232 g/mol. The van der Waals surface area contributed by atoms with Crippen LogP contribution in [0.1, 0.15) is 16.1 Å². The van der Waals surface area contributed by atoms with E-state index in [1.165, 1.54) is 18.2 Å². The number of phenols is 2. The number of aryl methyl sites for hydroxylation is 1. The van der Waals surface area contributed by atoms with E-state index in [1.54, 1.807) is 0 Å². The maximum Gasteiger partial charge on any atom is 0.259 e. The average molecular weight is 246 g/mol. The van der Waals surface area contributed by atoms with E-state index in [-0.39, 0.29) is 17.1 Å². The smallest absolute Gasteiger partial charge is 0.259 e. The molecule has 94 valence electrons. The molecule has 0 atom stereocenters. The Morgan fingerprint density at radius 2 is 1.89 bits per heavy atom. The molecule has 2 aromatic rings. The highest BCUT2D eigenvalue weighted by atomic mass is 16.3. The van der Waals surface area contributed by atoms with Crippen LogP contribution >= 0.6 is 0 Å². The number of nitrogens with zero attached hydrogens (tertiary/aromatic N) is 1. The Morgan fingerprint density at radius 1 is 1.22 bits per heavy atom. The van der Waals surface area contributed by atoms with Gasteiger partial charge in [0.2, 0.25) is 0 Å². The third kappa shape index (κ3) is 2.29. The summed E-state index contributed by atoms with van der Waals surface area (Å²) in [6.45, 7) is 0.329. The zero-order valence-corrected chi connectivity index (χ0v) is 9.92. The molecule has 0 aliphatic rings. The largest absolute Gasteiger partial charge is 0.507 e. The second-order valence-corrected chi connectivity index (χ2v) is 3.96. The Labute approximate surface area is 104 Å². The van der Waals surface area contributed by atoms with Gasteiger partial charge in [0.15, 0.2) is 0 Å². The molecule has 1 heterocycles. The normalized spacial score (nSPS) is 10.3. The number of aromatic hydroxyl groups is 2. The summed E-state index contributed by atoms with van der Waals surface area (Å²) in [5.74, 6) is -0.981. The summed E-state index contributed by atoms with van der Waals surface area (Å²) in [7, 11) is 1.87. The lowest BCUT2D eigenvalue weighted by Gasteiger charge is -2.09. The highest BCUT2D eigenvalue weighted by Gasteiger charge is 2.15. The number of nitrogens with one attached hydrogen (secondary N) is 1. The molecule has 18 heavy (non-hydrogen) atoms. The molecule has 0 spiro atoms. The minimum Gasteiger partial charge on any atom is -0.507 e. The van der Waals surface area contributed by atoms with Gasteiger partial charge in [-0.05, 0) is 24.3 Å². The van der Waals surface area contributed by atoms with Gasteiger partial charge >= 0.3 is 0 Å². The maximum absolute atomic E-state index is 11.9. The molecule has 1 aromatic carbocycles. The second kappa shape index (κ2) is 4.83. The fourth-order valence-corrected chi connectivity index (χ4v) is 1.70. The third-order valence-electron chi connectivity index (χ3n) is 2.73. The summed E-state index contributed by atoms with van der Waals surface area (Å²) in [4.78, 5) is 11.9. The number of amides is 1. The molecule has 3 N–H and O–H groups in total. The van der Waals surface area contributed by atoms with Crippen LogP contribution in [0.5, 0.6) is 11.5 Å². The SMILES string of the molecule is Cn1cccc1CNC(=O)c1c(O)cccc1O. The first kappa shape index (κ1) is 12.0. The van der Waals surface area contributed by atoms with Gasteiger partial charge in [-0.2, -0.15) is 0 Å². The number of carbonyl (C=O) groups excluding carboxylic acids is 1. The Balaban J connectivity index is 2.11. The van der Waals surface area contributed by atoms with Crippen LogP contribution in [-0.2, 0) is 13.6 Å². The molecule has 2 rings (SSSR count). The number of phenolic OH excluding ortho intramolecular Hbond substituents is 2. The molecule has 5 nitrogen and oxygen atoms in total. The van der Waals surface area contributed by atoms with Crippen molar-refractivity contribution in [1.82, 2.24) is 9.88 Å². The molecule has 0 aliphatic carbocycles. The van der Waals surface area contributed by atoms with Gasteiger partial charge in [0, 0.05) is 18.9 Å². The van der Waals surface area contributed by atoms with E-state index in [0.717, 1.165) is 5.69 Å². The van der Waals surface area contributed by atoms with Crippen molar-refractivity contribution >= 4 is 5.91 Å². The Hall–Kier alpha value is -2.43. The number of benzene rings is 1. The van der Waals surface area contributed by atoms with Gasteiger partial charge in [-0.15, -0.1) is 0 Å². The van der Waals surface area contributed by atoms with Crippen molar-refractivity contribution in [3.63, 3.8) is 0 Å². The van der Waals surface area contributed by atoms with Gasteiger partial charge in [-0.1, -0.05) is 6.07 Å². The first-order valence-electron chi connectivity index (χ1n) is 5.49. The van der Waals surface area contributed by atoms with Crippen LogP contribution in [0.3, 0.4) is 0 Å². The summed E-state index contributed by atoms with van der Waals surface area (Å²) in [5.41, 5.74) is 0.824. The molecular formula is C13H14N2O3. The Morgan fingerprint density at radius 3 is 2.44 bits per heavy atom. The first-order chi connectivity index (χ1) is 8.59. The van der Waals surface area contributed by atoms with Crippen molar-refractivity contribution < 1.29 is 15.0 Å². The predicted octanol–water partition coefficient (Wildman–Crippen LogP) is 1.37. The van der Waals surface area contributed by atoms with E-state index in [1.807, 2.05) is 29.9 Å². The molecule has 0 aliphatic heterocycles. The van der Waals surface area contributed by atoms with E-state index in [9.17, 15) is 15.0 Å². The minimum atomic E-state index is -0.508. The van der Waals surface area contributed by atoms with Crippen LogP contribution in [0.25, 0.3) is 0 Å². The third-order valence-corrected chi connectivity index (χ3v) is 2.73. The van der Waals surface area contributed by atoms with Crippen molar-refractivity contribution in [2.45, 2.75) is 6.54 Å². The van der Waals surface area contributed by atoms with Crippen LogP contribution in [-0.4, -0.2) is 20.7 Å². The Kier molecular flexibility index (Phi) is 3.23. The molecule has 0 fully saturated rings. The lowest BCUT2D eigenvalue weighted by atomic mass is 10.1. The van der Waals surface area contributed by atoms with Gasteiger partial charge in [-0.25, -0.2) is 0 Å². The molecule has 0 bridgehead atoms. The monoisotopic (exact) mass is 246 g/mol. The molecule has 1 amide bonds. The van der Waals surface area contributed by atoms with E-state index in [2.05, 4.69) is 5.32 Å². The topological polar surface area (TPSA) is 74.5 Å². The van der Waals surface area contributed by atoms with Crippen LogP contribution in [0.15, 0.2) is 36.5 Å². The molecule has 1 aromatic heterocycles. The lowest BCUT2D eigenvalue weighted by Crippen LogP contribution is -2.24. The number of hydrogen-bond acceptors (Lipinski definition) is 3. The average Bonchev–Trinajstić information content (AvgIpc) is 2.72. The standard InChI is InChI=1S/C13H14N2O3/c1-15-7-3-4-9(15)8-14-13(18)12-10(16)5-2-6-11(12)17/h2-7,16-17H,8H2,1H3,(H,14,18). The van der Waals surface area contributed by atoms with E-state index < -0.39 is 5.91 Å². The number of aromatic nitrogens is 1. The first-order valence-corrected chi connectivity index (χ1v) is 5.49. The van der Waals surface area contributed by atoms with Gasteiger partial charge in [-0.3, -0.25) is 4.79 Å². The number of hydrogen-bond donors (Lipinski definition) is 3. The quantitative estimate of drug-likeness (QED) is 0.765. The zero-order chi connectivity index (χ0) is 13.1. The van der Waals surface area contributed by atoms with Gasteiger partial charge in [0.1, 0.15) is 17.1 Å². The van der Waals surface area contributed by atoms with Gasteiger partial charge < -0.3 is 20.1 Å². The van der Waals surface area contributed by atoms with Crippen molar-refractivity contribution in [2.24, 2.45) is 7.05 Å². The fraction of sp³-hybridized carbons (Fsp3) is 0.154. The summed E-state index contributed by atoms with van der Waals surface area (Å²) in [6.07, 6.45) is 1.87. The van der Waals surface area contributed by atoms with Crippen molar-refractivity contribution in [1.29, 1.82) is 0 Å². The van der Waals surface area contributed by atoms with Crippen LogP contribution in [0, 0.1) is 0 Å². The predicted molar refractivity (Wildman–Crippen MR) is 66.4 cm³/mol. The maximum atomic E-state index is 11.9. The molecule has 5 heteroatoms. The fourth-order valence-electron chi connectivity index (χ4n) is 1.70. The Bertz CT molecular complexity index is 555. The highest BCUT2D eigenvalue weighted by molar-refractivity contribution is 5.99. The minimum absolute atomic E-state index is 0.105. The second-order valence-electron chi connectivity index (χ2n) is 3.96. The lowest BCUT2D eigenvalue weighted by molar-refractivity contribution is 0.0944. The number of rotatable bonds is 3. The van der Waals surface area contributed by atoms with Crippen molar-refractivity contribution in [3.8, 4) is 11.5 Å². The molecule has 0 saturated carbocycles. The van der Waals surface area contributed by atoms with Crippen LogP contribution < -0.4 is 5.32 Å². The summed E-state index contributed by atoms with van der Waals surface area (Å²) < 4.78 is 1.88. The highest BCUT2D eigenvalue weighted by Crippen LogP contribution is 2.25. The molecule has 0 unspecified atom stereocenters. The van der Waals surface area contributed by atoms with Crippen LogP contribution in [0.4, 0.5) is 0 Å². The van der Waals surface area contributed by atoms with E-state index in [0.29, 0.717) is 6.54 Å². The summed E-state index contributed by atoms with van der Waals surface area (Å²) in [6, 6.07) is 7.94. The van der Waals surface area contributed by atoms with E-state index >= 15 is 0 Å². The zero-order valence-electron chi connectivity index (χ0n) is 9.92. The van der Waals surface area contributed by atoms with Crippen molar-refractivity contribution in [3.05, 3.63) is 47.8 Å². The molecule has 0 saturated heterocycles. The van der Waals surface area contributed by atoms with Crippen molar-refractivity contribution in [2.75, 3.05) is 0 Å². The van der Waals surface area contributed by atoms with Gasteiger partial charge in [0.25, 0.3) is 5.91 Å². The van der Waals surface area contributed by atoms with E-state index in [4.69, 9.17) is 0 Å². The van der Waals surface area contributed by atoms with Crippen LogP contribution in [0.2, 0.25) is 0 Å². The summed E-state index contributed by atoms with van der Waals surface area (Å²) >= 11 is 0. The summed E-state index contributed by atoms with van der Waals surface area (Å²) in [5, 5.41) is 21.7. The molecule has 0 radical (unpaired) electrons. The number of carbonyl (C=O) groups is 1. The van der Waals surface area contributed by atoms with Gasteiger partial charge in [0.05, 0.1) is 6.54 Å².